The third-order valence-corrected chi connectivity index (χ3v) is 4.13. The van der Waals surface area contributed by atoms with Gasteiger partial charge in [0.2, 0.25) is 0 Å². The number of thiazole rings is 1. The molecule has 0 unspecified atom stereocenters. The Bertz CT molecular complexity index is 798. The Hall–Kier alpha value is -2.40. The Kier molecular flexibility index (Phi) is 4.34. The fourth-order valence-corrected chi connectivity index (χ4v) is 2.86. The molecule has 0 spiro atoms. The summed E-state index contributed by atoms with van der Waals surface area (Å²) in [6.45, 7) is 2.44. The van der Waals surface area contributed by atoms with Crippen LogP contribution < -0.4 is 10.1 Å². The summed E-state index contributed by atoms with van der Waals surface area (Å²) < 4.78 is 5.55. The number of aryl methyl sites for hydroxylation is 1. The second-order valence-electron chi connectivity index (χ2n) is 4.92. The zero-order chi connectivity index (χ0) is 15.4. The van der Waals surface area contributed by atoms with Crippen LogP contribution in [-0.4, -0.2) is 17.5 Å². The van der Waals surface area contributed by atoms with Crippen molar-refractivity contribution in [2.75, 3.05) is 6.61 Å². The van der Waals surface area contributed by atoms with Crippen LogP contribution in [0, 0.1) is 6.92 Å². The highest BCUT2D eigenvalue weighted by molar-refractivity contribution is 7.11. The monoisotopic (exact) mass is 312 g/mol. The van der Waals surface area contributed by atoms with Crippen molar-refractivity contribution in [1.29, 1.82) is 0 Å². The smallest absolute Gasteiger partial charge is 0.258 e. The van der Waals surface area contributed by atoms with Gasteiger partial charge in [-0.1, -0.05) is 30.3 Å². The van der Waals surface area contributed by atoms with E-state index in [1.807, 2.05) is 49.4 Å². The zero-order valence-corrected chi connectivity index (χ0v) is 13.0. The molecule has 1 heterocycles. The van der Waals surface area contributed by atoms with Crippen LogP contribution in [0.1, 0.15) is 9.88 Å². The van der Waals surface area contributed by atoms with Gasteiger partial charge in [-0.05, 0) is 29.8 Å². The Labute approximate surface area is 132 Å². The van der Waals surface area contributed by atoms with Crippen molar-refractivity contribution in [3.63, 3.8) is 0 Å². The van der Waals surface area contributed by atoms with E-state index in [0.717, 1.165) is 20.7 Å². The van der Waals surface area contributed by atoms with Crippen LogP contribution in [-0.2, 0) is 11.3 Å². The van der Waals surface area contributed by atoms with Crippen molar-refractivity contribution in [2.24, 2.45) is 0 Å². The third-order valence-electron chi connectivity index (χ3n) is 3.22. The van der Waals surface area contributed by atoms with E-state index in [9.17, 15) is 4.79 Å². The molecule has 3 rings (SSSR count). The molecule has 4 nitrogen and oxygen atoms in total. The van der Waals surface area contributed by atoms with Crippen LogP contribution in [0.4, 0.5) is 0 Å². The molecular weight excluding hydrogens is 296 g/mol. The van der Waals surface area contributed by atoms with Gasteiger partial charge in [0.05, 0.1) is 11.6 Å². The predicted octanol–water partition coefficient (Wildman–Crippen LogP) is 3.30. The third kappa shape index (κ3) is 3.62. The highest BCUT2D eigenvalue weighted by atomic mass is 32.1. The minimum atomic E-state index is -0.140. The van der Waals surface area contributed by atoms with Crippen LogP contribution in [0.25, 0.3) is 10.8 Å². The largest absolute Gasteiger partial charge is 0.484 e. The topological polar surface area (TPSA) is 51.2 Å². The normalized spacial score (nSPS) is 10.6. The fraction of sp³-hybridized carbons (Fsp3) is 0.176. The molecule has 0 aliphatic rings. The minimum absolute atomic E-state index is 0.0100. The first kappa shape index (κ1) is 14.5. The predicted molar refractivity (Wildman–Crippen MR) is 88.1 cm³/mol. The van der Waals surface area contributed by atoms with E-state index in [0.29, 0.717) is 12.3 Å². The van der Waals surface area contributed by atoms with Crippen LogP contribution in [0.15, 0.2) is 48.7 Å². The summed E-state index contributed by atoms with van der Waals surface area (Å²) in [5, 5.41) is 6.07. The molecule has 0 aliphatic carbocycles. The number of amides is 1. The van der Waals surface area contributed by atoms with E-state index in [-0.39, 0.29) is 12.5 Å². The molecule has 0 bridgehead atoms. The molecule has 0 saturated heterocycles. The SMILES string of the molecule is Cc1ncc(CNC(=O)COc2ccc3ccccc3c2)s1. The van der Waals surface area contributed by atoms with Gasteiger partial charge in [0.25, 0.3) is 5.91 Å². The number of benzene rings is 2. The molecule has 0 fully saturated rings. The standard InChI is InChI=1S/C17H16N2O2S/c1-12-18-9-16(22-12)10-19-17(20)11-21-15-7-6-13-4-2-3-5-14(13)8-15/h2-9H,10-11H2,1H3,(H,19,20). The van der Waals surface area contributed by atoms with E-state index in [4.69, 9.17) is 4.74 Å². The van der Waals surface area contributed by atoms with Gasteiger partial charge < -0.3 is 10.1 Å². The van der Waals surface area contributed by atoms with Crippen LogP contribution in [0.3, 0.4) is 0 Å². The first-order valence-electron chi connectivity index (χ1n) is 7.00. The molecule has 3 aromatic rings. The Morgan fingerprint density at radius 3 is 2.82 bits per heavy atom. The van der Waals surface area contributed by atoms with Crippen LogP contribution >= 0.6 is 11.3 Å². The summed E-state index contributed by atoms with van der Waals surface area (Å²) in [5.41, 5.74) is 0. The van der Waals surface area contributed by atoms with Gasteiger partial charge in [-0.2, -0.15) is 0 Å². The zero-order valence-electron chi connectivity index (χ0n) is 12.2. The van der Waals surface area contributed by atoms with Crippen molar-refractivity contribution >= 4 is 28.0 Å². The lowest BCUT2D eigenvalue weighted by Crippen LogP contribution is -2.28. The van der Waals surface area contributed by atoms with Gasteiger partial charge in [0.15, 0.2) is 6.61 Å². The quantitative estimate of drug-likeness (QED) is 0.786. The number of hydrogen-bond acceptors (Lipinski definition) is 4. The summed E-state index contributed by atoms with van der Waals surface area (Å²) in [7, 11) is 0. The number of aromatic nitrogens is 1. The highest BCUT2D eigenvalue weighted by Gasteiger charge is 2.05. The average molecular weight is 312 g/mol. The summed E-state index contributed by atoms with van der Waals surface area (Å²) in [6, 6.07) is 13.9. The van der Waals surface area contributed by atoms with Crippen molar-refractivity contribution in [1.82, 2.24) is 10.3 Å². The van der Waals surface area contributed by atoms with E-state index in [2.05, 4.69) is 10.3 Å². The lowest BCUT2D eigenvalue weighted by Gasteiger charge is -2.07. The first-order chi connectivity index (χ1) is 10.7. The average Bonchev–Trinajstić information content (AvgIpc) is 2.96. The number of nitrogens with zero attached hydrogens (tertiary/aromatic N) is 1. The van der Waals surface area contributed by atoms with E-state index < -0.39 is 0 Å². The van der Waals surface area contributed by atoms with E-state index in [1.54, 1.807) is 17.5 Å². The van der Waals surface area contributed by atoms with Crippen molar-refractivity contribution in [3.05, 3.63) is 58.5 Å². The number of carbonyl (C=O) groups excluding carboxylic acids is 1. The molecule has 0 atom stereocenters. The van der Waals surface area contributed by atoms with Crippen LogP contribution in [0.2, 0.25) is 0 Å². The van der Waals surface area contributed by atoms with Crippen LogP contribution in [0.5, 0.6) is 5.75 Å². The van der Waals surface area contributed by atoms with E-state index >= 15 is 0 Å². The molecule has 1 amide bonds. The van der Waals surface area contributed by atoms with Crippen molar-refractivity contribution in [3.8, 4) is 5.75 Å². The summed E-state index contributed by atoms with van der Waals surface area (Å²) >= 11 is 1.58. The lowest BCUT2D eigenvalue weighted by molar-refractivity contribution is -0.123. The summed E-state index contributed by atoms with van der Waals surface area (Å²) in [6.07, 6.45) is 1.78. The van der Waals surface area contributed by atoms with Gasteiger partial charge in [-0.3, -0.25) is 4.79 Å². The molecular formula is C17H16N2O2S. The molecule has 0 saturated carbocycles. The lowest BCUT2D eigenvalue weighted by atomic mass is 10.1. The summed E-state index contributed by atoms with van der Waals surface area (Å²) in [5.74, 6) is 0.557. The van der Waals surface area contributed by atoms with Crippen molar-refractivity contribution in [2.45, 2.75) is 13.5 Å². The molecule has 1 aromatic heterocycles. The molecule has 0 aliphatic heterocycles. The second-order valence-corrected chi connectivity index (χ2v) is 6.24. The fourth-order valence-electron chi connectivity index (χ4n) is 2.13. The number of carbonyl (C=O) groups is 1. The van der Waals surface area contributed by atoms with Gasteiger partial charge in [-0.15, -0.1) is 11.3 Å². The molecule has 0 radical (unpaired) electrons. The number of fused-ring (bicyclic) bond motifs is 1. The number of ether oxygens (including phenoxy) is 1. The van der Waals surface area contributed by atoms with Gasteiger partial charge in [-0.25, -0.2) is 4.98 Å². The Balaban J connectivity index is 1.53. The first-order valence-corrected chi connectivity index (χ1v) is 7.82. The van der Waals surface area contributed by atoms with Crippen molar-refractivity contribution < 1.29 is 9.53 Å². The second kappa shape index (κ2) is 6.58. The maximum absolute atomic E-state index is 11.8. The number of rotatable bonds is 5. The molecule has 112 valence electrons. The van der Waals surface area contributed by atoms with Gasteiger partial charge in [0.1, 0.15) is 5.75 Å². The van der Waals surface area contributed by atoms with Gasteiger partial charge in [0, 0.05) is 11.1 Å². The molecule has 2 aromatic carbocycles. The van der Waals surface area contributed by atoms with E-state index in [1.165, 1.54) is 0 Å². The number of hydrogen-bond donors (Lipinski definition) is 1. The highest BCUT2D eigenvalue weighted by Crippen LogP contribution is 2.20. The molecule has 5 heteroatoms. The number of nitrogens with one attached hydrogen (secondary N) is 1. The molecule has 1 N–H and O–H groups in total. The molecule has 22 heavy (non-hydrogen) atoms. The summed E-state index contributed by atoms with van der Waals surface area (Å²) in [4.78, 5) is 17.0. The maximum Gasteiger partial charge on any atom is 0.258 e. The van der Waals surface area contributed by atoms with Gasteiger partial charge >= 0.3 is 0 Å². The Morgan fingerprint density at radius 2 is 2.05 bits per heavy atom. The Morgan fingerprint density at radius 1 is 1.23 bits per heavy atom. The maximum atomic E-state index is 11.8. The minimum Gasteiger partial charge on any atom is -0.484 e.